The Morgan fingerprint density at radius 2 is 1.76 bits per heavy atom. The number of H-pyrrole nitrogens is 1. The molecule has 0 saturated heterocycles. The van der Waals surface area contributed by atoms with E-state index in [1.165, 1.54) is 5.39 Å². The van der Waals surface area contributed by atoms with E-state index in [9.17, 15) is 0 Å². The number of rotatable bonds is 0. The molecular formula is C14H8BrNO. The van der Waals surface area contributed by atoms with Gasteiger partial charge in [-0.1, -0.05) is 30.3 Å². The molecule has 4 rings (SSSR count). The molecule has 0 fully saturated rings. The molecule has 2 heterocycles. The molecule has 2 aromatic carbocycles. The lowest BCUT2D eigenvalue weighted by Crippen LogP contribution is -1.69. The average Bonchev–Trinajstić information content (AvgIpc) is 2.85. The molecule has 4 aromatic rings. The summed E-state index contributed by atoms with van der Waals surface area (Å²) in [5.74, 6) is 0. The first kappa shape index (κ1) is 9.31. The summed E-state index contributed by atoms with van der Waals surface area (Å²) in [5.41, 5.74) is 2.86. The number of nitrogens with one attached hydrogen (secondary N) is 1. The molecule has 2 nitrogen and oxygen atoms in total. The van der Waals surface area contributed by atoms with Crippen LogP contribution in [-0.4, -0.2) is 4.98 Å². The molecule has 0 unspecified atom stereocenters. The summed E-state index contributed by atoms with van der Waals surface area (Å²) in [6.07, 6.45) is 0. The second-order valence-corrected chi connectivity index (χ2v) is 4.95. The van der Waals surface area contributed by atoms with Crippen LogP contribution in [0.5, 0.6) is 0 Å². The van der Waals surface area contributed by atoms with Gasteiger partial charge in [0.15, 0.2) is 5.58 Å². The molecule has 0 atom stereocenters. The van der Waals surface area contributed by atoms with Crippen molar-refractivity contribution in [1.82, 2.24) is 4.98 Å². The summed E-state index contributed by atoms with van der Waals surface area (Å²) in [6.45, 7) is 0. The van der Waals surface area contributed by atoms with Crippen molar-refractivity contribution in [3.63, 3.8) is 0 Å². The maximum absolute atomic E-state index is 5.87. The second kappa shape index (κ2) is 3.14. The van der Waals surface area contributed by atoms with Gasteiger partial charge in [-0.05, 0) is 28.1 Å². The van der Waals surface area contributed by atoms with E-state index in [2.05, 4.69) is 39.1 Å². The highest BCUT2D eigenvalue weighted by Crippen LogP contribution is 2.37. The highest BCUT2D eigenvalue weighted by Gasteiger charge is 2.13. The molecule has 0 bridgehead atoms. The zero-order chi connectivity index (χ0) is 11.4. The van der Waals surface area contributed by atoms with Crippen LogP contribution in [0.25, 0.3) is 33.0 Å². The lowest BCUT2D eigenvalue weighted by atomic mass is 10.1. The third-order valence-electron chi connectivity index (χ3n) is 3.11. The van der Waals surface area contributed by atoms with E-state index in [0.717, 1.165) is 32.1 Å². The first-order valence-electron chi connectivity index (χ1n) is 5.42. The molecule has 3 heteroatoms. The van der Waals surface area contributed by atoms with E-state index < -0.39 is 0 Å². The molecule has 82 valence electrons. The Morgan fingerprint density at radius 1 is 0.941 bits per heavy atom. The van der Waals surface area contributed by atoms with Gasteiger partial charge in [-0.25, -0.2) is 0 Å². The minimum absolute atomic E-state index is 0.841. The SMILES string of the molecule is Brc1cccc2c1oc1[nH]c3ccccc3c12. The van der Waals surface area contributed by atoms with Crippen LogP contribution < -0.4 is 0 Å². The van der Waals surface area contributed by atoms with Crippen molar-refractivity contribution >= 4 is 48.9 Å². The minimum atomic E-state index is 0.841. The van der Waals surface area contributed by atoms with Crippen molar-refractivity contribution in [2.24, 2.45) is 0 Å². The van der Waals surface area contributed by atoms with Crippen molar-refractivity contribution in [2.75, 3.05) is 0 Å². The van der Waals surface area contributed by atoms with Gasteiger partial charge in [-0.15, -0.1) is 0 Å². The summed E-state index contributed by atoms with van der Waals surface area (Å²) in [7, 11) is 0. The van der Waals surface area contributed by atoms with E-state index >= 15 is 0 Å². The monoisotopic (exact) mass is 285 g/mol. The van der Waals surface area contributed by atoms with Gasteiger partial charge in [0.2, 0.25) is 5.71 Å². The number of hydrogen-bond donors (Lipinski definition) is 1. The van der Waals surface area contributed by atoms with Gasteiger partial charge in [0.25, 0.3) is 0 Å². The quantitative estimate of drug-likeness (QED) is 0.493. The zero-order valence-corrected chi connectivity index (χ0v) is 10.4. The van der Waals surface area contributed by atoms with Crippen molar-refractivity contribution in [3.8, 4) is 0 Å². The van der Waals surface area contributed by atoms with Crippen LogP contribution in [0.15, 0.2) is 51.4 Å². The molecule has 0 aliphatic rings. The van der Waals surface area contributed by atoms with E-state index in [4.69, 9.17) is 4.42 Å². The lowest BCUT2D eigenvalue weighted by Gasteiger charge is -1.92. The number of furan rings is 1. The van der Waals surface area contributed by atoms with Gasteiger partial charge in [-0.2, -0.15) is 0 Å². The van der Waals surface area contributed by atoms with E-state index in [1.54, 1.807) is 0 Å². The standard InChI is InChI=1S/C14H8BrNO/c15-10-6-3-5-9-12-8-4-1-2-7-11(8)16-14(12)17-13(9)10/h1-7,16H. The van der Waals surface area contributed by atoms with E-state index in [0.29, 0.717) is 0 Å². The van der Waals surface area contributed by atoms with Gasteiger partial charge in [0.1, 0.15) is 0 Å². The fraction of sp³-hybridized carbons (Fsp3) is 0. The molecular weight excluding hydrogens is 278 g/mol. The fourth-order valence-corrected chi connectivity index (χ4v) is 2.82. The number of halogens is 1. The topological polar surface area (TPSA) is 28.9 Å². The molecule has 0 aliphatic carbocycles. The van der Waals surface area contributed by atoms with Crippen LogP contribution in [0.1, 0.15) is 0 Å². The average molecular weight is 286 g/mol. The smallest absolute Gasteiger partial charge is 0.206 e. The van der Waals surface area contributed by atoms with E-state index in [-0.39, 0.29) is 0 Å². The van der Waals surface area contributed by atoms with Gasteiger partial charge < -0.3 is 9.40 Å². The van der Waals surface area contributed by atoms with Gasteiger partial charge in [-0.3, -0.25) is 0 Å². The molecule has 0 spiro atoms. The Hall–Kier alpha value is -1.74. The number of hydrogen-bond acceptors (Lipinski definition) is 1. The first-order valence-corrected chi connectivity index (χ1v) is 6.21. The van der Waals surface area contributed by atoms with Crippen LogP contribution >= 0.6 is 15.9 Å². The first-order chi connectivity index (χ1) is 8.34. The maximum atomic E-state index is 5.87. The highest BCUT2D eigenvalue weighted by molar-refractivity contribution is 9.10. The van der Waals surface area contributed by atoms with Gasteiger partial charge in [0, 0.05) is 16.3 Å². The lowest BCUT2D eigenvalue weighted by molar-refractivity contribution is 0.655. The Bertz CT molecular complexity index is 856. The Morgan fingerprint density at radius 3 is 2.71 bits per heavy atom. The summed E-state index contributed by atoms with van der Waals surface area (Å²) in [4.78, 5) is 3.31. The molecule has 0 aliphatic heterocycles. The van der Waals surface area contributed by atoms with Gasteiger partial charge >= 0.3 is 0 Å². The predicted molar refractivity (Wildman–Crippen MR) is 73.3 cm³/mol. The van der Waals surface area contributed by atoms with Crippen LogP contribution in [0.3, 0.4) is 0 Å². The van der Waals surface area contributed by atoms with Crippen molar-refractivity contribution in [1.29, 1.82) is 0 Å². The summed E-state index contributed by atoms with van der Waals surface area (Å²) < 4.78 is 6.86. The molecule has 0 amide bonds. The van der Waals surface area contributed by atoms with Crippen molar-refractivity contribution < 1.29 is 4.42 Å². The Balaban J connectivity index is 2.36. The highest BCUT2D eigenvalue weighted by atomic mass is 79.9. The molecule has 2 aromatic heterocycles. The number of benzene rings is 2. The van der Waals surface area contributed by atoms with Crippen LogP contribution in [0.2, 0.25) is 0 Å². The molecule has 0 saturated carbocycles. The molecule has 17 heavy (non-hydrogen) atoms. The summed E-state index contributed by atoms with van der Waals surface area (Å²) in [6, 6.07) is 14.4. The third-order valence-corrected chi connectivity index (χ3v) is 3.74. The largest absolute Gasteiger partial charge is 0.439 e. The normalized spacial score (nSPS) is 11.8. The molecule has 0 radical (unpaired) electrons. The number of aromatic amines is 1. The van der Waals surface area contributed by atoms with Crippen molar-refractivity contribution in [3.05, 3.63) is 46.9 Å². The van der Waals surface area contributed by atoms with Crippen molar-refractivity contribution in [2.45, 2.75) is 0 Å². The van der Waals surface area contributed by atoms with Crippen LogP contribution in [0.4, 0.5) is 0 Å². The summed E-state index contributed by atoms with van der Waals surface area (Å²) in [5, 5.41) is 3.52. The maximum Gasteiger partial charge on any atom is 0.206 e. The predicted octanol–water partition coefficient (Wildman–Crippen LogP) is 4.83. The number of aromatic nitrogens is 1. The minimum Gasteiger partial charge on any atom is -0.439 e. The van der Waals surface area contributed by atoms with Crippen LogP contribution in [0, 0.1) is 0 Å². The Labute approximate surface area is 105 Å². The summed E-state index contributed by atoms with van der Waals surface area (Å²) >= 11 is 3.52. The number of fused-ring (bicyclic) bond motifs is 5. The molecule has 1 N–H and O–H groups in total. The van der Waals surface area contributed by atoms with Crippen LogP contribution in [-0.2, 0) is 0 Å². The van der Waals surface area contributed by atoms with Gasteiger partial charge in [0.05, 0.1) is 9.86 Å². The van der Waals surface area contributed by atoms with E-state index in [1.807, 2.05) is 24.3 Å². The third kappa shape index (κ3) is 1.15. The number of para-hydroxylation sites is 2. The zero-order valence-electron chi connectivity index (χ0n) is 8.83. The Kier molecular flexibility index (Phi) is 1.72. The second-order valence-electron chi connectivity index (χ2n) is 4.09. The fourth-order valence-electron chi connectivity index (χ4n) is 2.37.